The number of nitrogen functional groups attached to an aromatic ring is 1. The van der Waals surface area contributed by atoms with Crippen molar-refractivity contribution < 1.29 is 14.3 Å². The fourth-order valence-corrected chi connectivity index (χ4v) is 3.13. The van der Waals surface area contributed by atoms with E-state index in [1.165, 1.54) is 0 Å². The number of hydrogen-bond donors (Lipinski definition) is 1. The van der Waals surface area contributed by atoms with Crippen LogP contribution in [0.1, 0.15) is 15.9 Å². The van der Waals surface area contributed by atoms with Crippen molar-refractivity contribution in [3.8, 4) is 11.3 Å². The average molecular weight is 323 g/mol. The van der Waals surface area contributed by atoms with E-state index in [2.05, 4.69) is 5.10 Å². The highest BCUT2D eigenvalue weighted by Gasteiger charge is 2.30. The number of rotatable bonds is 5. The molecule has 0 unspecified atom stereocenters. The number of carbonyl (C=O) groups is 1. The summed E-state index contributed by atoms with van der Waals surface area (Å²) in [5.74, 6) is -0.0546. The number of ether oxygens (including phenoxy) is 2. The molecule has 4 rings (SSSR count). The molecule has 0 aliphatic heterocycles. The second kappa shape index (κ2) is 5.74. The van der Waals surface area contributed by atoms with Crippen LogP contribution in [-0.4, -0.2) is 35.9 Å². The highest BCUT2D eigenvalue weighted by atomic mass is 16.5. The van der Waals surface area contributed by atoms with Crippen LogP contribution in [0.15, 0.2) is 36.4 Å². The van der Waals surface area contributed by atoms with Crippen LogP contribution in [0.2, 0.25) is 0 Å². The van der Waals surface area contributed by atoms with Crippen LogP contribution >= 0.6 is 0 Å². The number of aromatic nitrogens is 2. The third kappa shape index (κ3) is 2.11. The second-order valence-electron chi connectivity index (χ2n) is 5.68. The third-order valence-corrected chi connectivity index (χ3v) is 4.25. The van der Waals surface area contributed by atoms with Gasteiger partial charge in [-0.2, -0.15) is 5.10 Å². The Kier molecular flexibility index (Phi) is 3.55. The van der Waals surface area contributed by atoms with E-state index < -0.39 is 0 Å². The van der Waals surface area contributed by atoms with Crippen LogP contribution in [0.5, 0.6) is 0 Å². The monoisotopic (exact) mass is 323 g/mol. The number of ketones is 1. The lowest BCUT2D eigenvalue weighted by Gasteiger charge is -2.15. The molecule has 6 nitrogen and oxygen atoms in total. The van der Waals surface area contributed by atoms with Crippen LogP contribution in [-0.2, 0) is 16.2 Å². The Balaban J connectivity index is 1.89. The number of nitrogens with zero attached hydrogens (tertiary/aromatic N) is 2. The van der Waals surface area contributed by atoms with Gasteiger partial charge in [0, 0.05) is 29.3 Å². The summed E-state index contributed by atoms with van der Waals surface area (Å²) in [5.41, 5.74) is 10.2. The summed E-state index contributed by atoms with van der Waals surface area (Å²) in [5, 5.41) is 5.48. The molecule has 3 aromatic rings. The minimum Gasteiger partial charge on any atom is -0.398 e. The van der Waals surface area contributed by atoms with E-state index in [1.54, 1.807) is 17.9 Å². The SMILES string of the molecule is COCCOCn1nc2c3c(c(N)ccc31)C(=O)c1ccccc1-2. The number of methoxy groups -OCH3 is 1. The molecule has 2 N–H and O–H groups in total. The molecular formula is C18H17N3O3. The van der Waals surface area contributed by atoms with Crippen LogP contribution in [0.4, 0.5) is 5.69 Å². The summed E-state index contributed by atoms with van der Waals surface area (Å²) < 4.78 is 12.3. The second-order valence-corrected chi connectivity index (χ2v) is 5.68. The highest BCUT2D eigenvalue weighted by Crippen LogP contribution is 2.40. The van der Waals surface area contributed by atoms with Crippen LogP contribution in [0.3, 0.4) is 0 Å². The van der Waals surface area contributed by atoms with Crippen LogP contribution < -0.4 is 5.73 Å². The number of fused-ring (bicyclic) bond motifs is 2. The predicted octanol–water partition coefficient (Wildman–Crippen LogP) is 2.45. The molecule has 24 heavy (non-hydrogen) atoms. The van der Waals surface area contributed by atoms with E-state index in [1.807, 2.05) is 30.3 Å². The van der Waals surface area contributed by atoms with E-state index in [4.69, 9.17) is 15.2 Å². The molecule has 0 atom stereocenters. The molecule has 6 heteroatoms. The van der Waals surface area contributed by atoms with Crippen molar-refractivity contribution in [3.05, 3.63) is 47.5 Å². The molecule has 2 aromatic carbocycles. The third-order valence-electron chi connectivity index (χ3n) is 4.25. The van der Waals surface area contributed by atoms with E-state index in [0.29, 0.717) is 36.8 Å². The van der Waals surface area contributed by atoms with Crippen molar-refractivity contribution in [1.82, 2.24) is 9.78 Å². The Morgan fingerprint density at radius 1 is 1.12 bits per heavy atom. The van der Waals surface area contributed by atoms with Gasteiger partial charge in [0.15, 0.2) is 5.78 Å². The van der Waals surface area contributed by atoms with Gasteiger partial charge in [-0.15, -0.1) is 0 Å². The van der Waals surface area contributed by atoms with Crippen LogP contribution in [0, 0.1) is 0 Å². The van der Waals surface area contributed by atoms with E-state index >= 15 is 0 Å². The summed E-state index contributed by atoms with van der Waals surface area (Å²) >= 11 is 0. The lowest BCUT2D eigenvalue weighted by atomic mass is 9.86. The standard InChI is InChI=1S/C18H17N3O3/c1-23-8-9-24-10-21-14-7-6-13(19)15-16(14)17(20-21)11-4-2-3-5-12(11)18(15)22/h2-7H,8-10,19H2,1H3. The molecule has 0 bridgehead atoms. The molecule has 0 saturated heterocycles. The quantitative estimate of drug-likeness (QED) is 0.451. The number of carbonyl (C=O) groups excluding carboxylic acids is 1. The van der Waals surface area contributed by atoms with Gasteiger partial charge < -0.3 is 15.2 Å². The Bertz CT molecular complexity index is 946. The fourth-order valence-electron chi connectivity index (χ4n) is 3.13. The maximum absolute atomic E-state index is 12.9. The molecule has 0 saturated carbocycles. The molecule has 1 heterocycles. The molecule has 0 amide bonds. The number of hydrogen-bond acceptors (Lipinski definition) is 5. The van der Waals surface area contributed by atoms with Crippen molar-refractivity contribution >= 4 is 22.4 Å². The average Bonchev–Trinajstić information content (AvgIpc) is 2.97. The molecule has 1 aliphatic carbocycles. The van der Waals surface area contributed by atoms with Gasteiger partial charge in [-0.1, -0.05) is 24.3 Å². The van der Waals surface area contributed by atoms with Gasteiger partial charge in [0.1, 0.15) is 12.4 Å². The van der Waals surface area contributed by atoms with Gasteiger partial charge in [0.2, 0.25) is 0 Å². The zero-order valence-electron chi connectivity index (χ0n) is 13.3. The van der Waals surface area contributed by atoms with Gasteiger partial charge in [0.25, 0.3) is 0 Å². The summed E-state index contributed by atoms with van der Waals surface area (Å²) in [7, 11) is 1.63. The highest BCUT2D eigenvalue weighted by molar-refractivity contribution is 6.27. The van der Waals surface area contributed by atoms with E-state index in [-0.39, 0.29) is 5.78 Å². The number of benzene rings is 2. The first-order valence-electron chi connectivity index (χ1n) is 7.72. The zero-order valence-corrected chi connectivity index (χ0v) is 13.3. The minimum absolute atomic E-state index is 0.0546. The first-order valence-corrected chi connectivity index (χ1v) is 7.72. The molecule has 0 fully saturated rings. The van der Waals surface area contributed by atoms with Crippen molar-refractivity contribution in [2.45, 2.75) is 6.73 Å². The maximum Gasteiger partial charge on any atom is 0.196 e. The Morgan fingerprint density at radius 3 is 2.71 bits per heavy atom. The van der Waals surface area contributed by atoms with E-state index in [0.717, 1.165) is 22.2 Å². The number of anilines is 1. The van der Waals surface area contributed by atoms with Gasteiger partial charge >= 0.3 is 0 Å². The molecule has 1 aliphatic rings. The Morgan fingerprint density at radius 2 is 1.92 bits per heavy atom. The summed E-state index contributed by atoms with van der Waals surface area (Å²) in [4.78, 5) is 12.9. The van der Waals surface area contributed by atoms with Gasteiger partial charge in [0.05, 0.1) is 24.3 Å². The fraction of sp³-hybridized carbons (Fsp3) is 0.222. The summed E-state index contributed by atoms with van der Waals surface area (Å²) in [6, 6.07) is 11.1. The van der Waals surface area contributed by atoms with Gasteiger partial charge in [-0.3, -0.25) is 4.79 Å². The largest absolute Gasteiger partial charge is 0.398 e. The zero-order chi connectivity index (χ0) is 16.7. The lowest BCUT2D eigenvalue weighted by Crippen LogP contribution is -2.11. The molecule has 0 spiro atoms. The predicted molar refractivity (Wildman–Crippen MR) is 90.8 cm³/mol. The Labute approximate surface area is 138 Å². The van der Waals surface area contributed by atoms with Crippen molar-refractivity contribution in [3.63, 3.8) is 0 Å². The molecule has 1 aromatic heterocycles. The summed E-state index contributed by atoms with van der Waals surface area (Å²) in [6.07, 6.45) is 0. The minimum atomic E-state index is -0.0546. The normalized spacial score (nSPS) is 12.6. The molecule has 0 radical (unpaired) electrons. The van der Waals surface area contributed by atoms with Gasteiger partial charge in [-0.05, 0) is 12.1 Å². The van der Waals surface area contributed by atoms with Gasteiger partial charge in [-0.25, -0.2) is 4.68 Å². The lowest BCUT2D eigenvalue weighted by molar-refractivity contribution is 0.0309. The number of nitrogens with two attached hydrogens (primary N) is 1. The maximum atomic E-state index is 12.9. The Hall–Kier alpha value is -2.70. The van der Waals surface area contributed by atoms with Crippen molar-refractivity contribution in [2.24, 2.45) is 0 Å². The topological polar surface area (TPSA) is 79.4 Å². The van der Waals surface area contributed by atoms with Crippen LogP contribution in [0.25, 0.3) is 22.2 Å². The first-order chi connectivity index (χ1) is 11.7. The molecule has 122 valence electrons. The smallest absolute Gasteiger partial charge is 0.196 e. The van der Waals surface area contributed by atoms with Crippen molar-refractivity contribution in [1.29, 1.82) is 0 Å². The summed E-state index contributed by atoms with van der Waals surface area (Å²) in [6.45, 7) is 1.29. The van der Waals surface area contributed by atoms with E-state index in [9.17, 15) is 4.79 Å². The van der Waals surface area contributed by atoms with Crippen molar-refractivity contribution in [2.75, 3.05) is 26.1 Å². The molecular weight excluding hydrogens is 306 g/mol. The first kappa shape index (κ1) is 14.9.